The molecule has 0 saturated carbocycles. The van der Waals surface area contributed by atoms with Crippen LogP contribution in [0, 0.1) is 6.92 Å². The monoisotopic (exact) mass is 180 g/mol. The molecule has 1 amide bonds. The van der Waals surface area contributed by atoms with Gasteiger partial charge in [0.2, 0.25) is 5.91 Å². The van der Waals surface area contributed by atoms with Crippen molar-refractivity contribution in [3.63, 3.8) is 0 Å². The summed E-state index contributed by atoms with van der Waals surface area (Å²) in [5.41, 5.74) is 0.826. The molecule has 0 aromatic carbocycles. The van der Waals surface area contributed by atoms with Crippen LogP contribution in [-0.2, 0) is 4.79 Å². The van der Waals surface area contributed by atoms with Gasteiger partial charge in [-0.05, 0) is 13.3 Å². The third-order valence-electron chi connectivity index (χ3n) is 1.58. The van der Waals surface area contributed by atoms with Gasteiger partial charge in [-0.3, -0.25) is 4.79 Å². The molecule has 4 nitrogen and oxygen atoms in total. The van der Waals surface area contributed by atoms with Crippen molar-refractivity contribution in [2.45, 2.75) is 19.8 Å². The maximum Gasteiger partial charge on any atom is 0.225 e. The molecule has 0 spiro atoms. The van der Waals surface area contributed by atoms with Gasteiger partial charge in [0, 0.05) is 12.0 Å². The number of hydrogen-bond donors (Lipinski definition) is 1. The summed E-state index contributed by atoms with van der Waals surface area (Å²) in [5, 5.41) is 6.26. The quantitative estimate of drug-likeness (QED) is 0.720. The number of rotatable bonds is 4. The molecule has 0 aliphatic rings. The number of nitrogens with one attached hydrogen (secondary N) is 1. The first-order valence-electron chi connectivity index (χ1n) is 4.05. The van der Waals surface area contributed by atoms with E-state index < -0.39 is 0 Å². The summed E-state index contributed by atoms with van der Waals surface area (Å²) in [6, 6.07) is 0. The highest BCUT2D eigenvalue weighted by molar-refractivity contribution is 5.90. The lowest BCUT2D eigenvalue weighted by Gasteiger charge is -1.99. The fourth-order valence-corrected chi connectivity index (χ4v) is 0.835. The molecule has 0 saturated heterocycles. The van der Waals surface area contributed by atoms with E-state index in [9.17, 15) is 4.79 Å². The van der Waals surface area contributed by atoms with Crippen molar-refractivity contribution in [1.29, 1.82) is 0 Å². The smallest absolute Gasteiger partial charge is 0.225 e. The Morgan fingerprint density at radius 2 is 2.62 bits per heavy atom. The summed E-state index contributed by atoms with van der Waals surface area (Å²) in [7, 11) is 0. The molecule has 1 N–H and O–H groups in total. The van der Waals surface area contributed by atoms with E-state index in [1.54, 1.807) is 6.08 Å². The number of carbonyl (C=O) groups is 1. The fraction of sp³-hybridized carbons (Fsp3) is 0.333. The van der Waals surface area contributed by atoms with Crippen LogP contribution in [0.2, 0.25) is 0 Å². The Balaban J connectivity index is 2.45. The van der Waals surface area contributed by atoms with Gasteiger partial charge < -0.3 is 9.84 Å². The minimum Gasteiger partial charge on any atom is -0.362 e. The van der Waals surface area contributed by atoms with Crippen LogP contribution in [0.1, 0.15) is 18.4 Å². The van der Waals surface area contributed by atoms with E-state index in [1.807, 2.05) is 6.92 Å². The van der Waals surface area contributed by atoms with Crippen molar-refractivity contribution in [2.24, 2.45) is 0 Å². The predicted octanol–water partition coefficient (Wildman–Crippen LogP) is 1.89. The standard InChI is InChI=1S/C9H12N2O2/c1-3-4-5-8(12)10-9-7(2)6-13-11-9/h3,6H,1,4-5H2,2H3,(H,10,11,12). The Labute approximate surface area is 76.6 Å². The summed E-state index contributed by atoms with van der Waals surface area (Å²) in [5.74, 6) is 0.422. The zero-order chi connectivity index (χ0) is 9.68. The molecule has 4 heteroatoms. The van der Waals surface area contributed by atoms with Crippen LogP contribution in [0.4, 0.5) is 5.82 Å². The Bertz CT molecular complexity index is 304. The van der Waals surface area contributed by atoms with Crippen molar-refractivity contribution in [3.05, 3.63) is 24.5 Å². The van der Waals surface area contributed by atoms with E-state index in [2.05, 4.69) is 21.6 Å². The lowest BCUT2D eigenvalue weighted by atomic mass is 10.3. The van der Waals surface area contributed by atoms with Crippen LogP contribution in [0.15, 0.2) is 23.4 Å². The van der Waals surface area contributed by atoms with Gasteiger partial charge in [-0.25, -0.2) is 0 Å². The van der Waals surface area contributed by atoms with E-state index in [1.165, 1.54) is 6.26 Å². The van der Waals surface area contributed by atoms with Crippen molar-refractivity contribution in [1.82, 2.24) is 5.16 Å². The first kappa shape index (κ1) is 9.51. The molecule has 0 atom stereocenters. The van der Waals surface area contributed by atoms with Gasteiger partial charge in [0.25, 0.3) is 0 Å². The summed E-state index contributed by atoms with van der Waals surface area (Å²) in [4.78, 5) is 11.2. The molecular weight excluding hydrogens is 168 g/mol. The van der Waals surface area contributed by atoms with E-state index in [-0.39, 0.29) is 5.91 Å². The van der Waals surface area contributed by atoms with E-state index in [0.717, 1.165) is 5.56 Å². The number of allylic oxidation sites excluding steroid dienone is 1. The number of carbonyl (C=O) groups excluding carboxylic acids is 1. The molecule has 70 valence electrons. The summed E-state index contributed by atoms with van der Waals surface area (Å²) >= 11 is 0. The van der Waals surface area contributed by atoms with Crippen LogP contribution in [0.5, 0.6) is 0 Å². The molecule has 1 aromatic heterocycles. The summed E-state index contributed by atoms with van der Waals surface area (Å²) in [6.07, 6.45) is 4.29. The lowest BCUT2D eigenvalue weighted by Crippen LogP contribution is -2.11. The van der Waals surface area contributed by atoms with Crippen molar-refractivity contribution >= 4 is 11.7 Å². The third-order valence-corrected chi connectivity index (χ3v) is 1.58. The van der Waals surface area contributed by atoms with Crippen LogP contribution in [0.25, 0.3) is 0 Å². The van der Waals surface area contributed by atoms with Crippen LogP contribution < -0.4 is 5.32 Å². The van der Waals surface area contributed by atoms with Crippen LogP contribution in [0.3, 0.4) is 0 Å². The number of amides is 1. The molecule has 1 aromatic rings. The lowest BCUT2D eigenvalue weighted by molar-refractivity contribution is -0.116. The highest BCUT2D eigenvalue weighted by Crippen LogP contribution is 2.10. The minimum absolute atomic E-state index is 0.0723. The highest BCUT2D eigenvalue weighted by Gasteiger charge is 2.06. The Kier molecular flexibility index (Phi) is 3.25. The number of nitrogens with zero attached hydrogens (tertiary/aromatic N) is 1. The Morgan fingerprint density at radius 1 is 1.85 bits per heavy atom. The molecule has 13 heavy (non-hydrogen) atoms. The van der Waals surface area contributed by atoms with Gasteiger partial charge in [0.05, 0.1) is 0 Å². The SMILES string of the molecule is C=CCCC(=O)Nc1nocc1C. The largest absolute Gasteiger partial charge is 0.362 e. The average Bonchev–Trinajstić information content (AvgIpc) is 2.48. The van der Waals surface area contributed by atoms with E-state index >= 15 is 0 Å². The second-order valence-corrected chi connectivity index (χ2v) is 2.72. The average molecular weight is 180 g/mol. The van der Waals surface area contributed by atoms with Crippen molar-refractivity contribution in [3.8, 4) is 0 Å². The van der Waals surface area contributed by atoms with Gasteiger partial charge in [0.1, 0.15) is 6.26 Å². The molecule has 0 aliphatic heterocycles. The molecule has 1 rings (SSSR count). The van der Waals surface area contributed by atoms with Gasteiger partial charge >= 0.3 is 0 Å². The van der Waals surface area contributed by atoms with Crippen molar-refractivity contribution in [2.75, 3.05) is 5.32 Å². The van der Waals surface area contributed by atoms with Gasteiger partial charge in [0.15, 0.2) is 5.82 Å². The minimum atomic E-state index is -0.0723. The maximum atomic E-state index is 11.2. The first-order valence-corrected chi connectivity index (χ1v) is 4.05. The van der Waals surface area contributed by atoms with Gasteiger partial charge in [-0.2, -0.15) is 0 Å². The molecule has 0 unspecified atom stereocenters. The zero-order valence-corrected chi connectivity index (χ0v) is 7.54. The molecule has 0 fully saturated rings. The molecule has 1 heterocycles. The van der Waals surface area contributed by atoms with Gasteiger partial charge in [-0.15, -0.1) is 6.58 Å². The second kappa shape index (κ2) is 4.45. The number of aryl methyl sites for hydroxylation is 1. The maximum absolute atomic E-state index is 11.2. The zero-order valence-electron chi connectivity index (χ0n) is 7.54. The highest BCUT2D eigenvalue weighted by atomic mass is 16.5. The first-order chi connectivity index (χ1) is 6.24. The summed E-state index contributed by atoms with van der Waals surface area (Å²) in [6.45, 7) is 5.35. The van der Waals surface area contributed by atoms with E-state index in [0.29, 0.717) is 18.7 Å². The fourth-order valence-electron chi connectivity index (χ4n) is 0.835. The number of anilines is 1. The molecule has 0 bridgehead atoms. The number of hydrogen-bond acceptors (Lipinski definition) is 3. The Morgan fingerprint density at radius 3 is 3.15 bits per heavy atom. The van der Waals surface area contributed by atoms with Crippen LogP contribution in [-0.4, -0.2) is 11.1 Å². The van der Waals surface area contributed by atoms with E-state index in [4.69, 9.17) is 0 Å². The molecule has 0 aliphatic carbocycles. The molecular formula is C9H12N2O2. The second-order valence-electron chi connectivity index (χ2n) is 2.72. The van der Waals surface area contributed by atoms with Crippen molar-refractivity contribution < 1.29 is 9.32 Å². The summed E-state index contributed by atoms with van der Waals surface area (Å²) < 4.78 is 4.67. The van der Waals surface area contributed by atoms with Gasteiger partial charge in [-0.1, -0.05) is 11.2 Å². The Hall–Kier alpha value is -1.58. The van der Waals surface area contributed by atoms with Crippen LogP contribution >= 0.6 is 0 Å². The predicted molar refractivity (Wildman–Crippen MR) is 49.3 cm³/mol. The third kappa shape index (κ3) is 2.74. The normalized spacial score (nSPS) is 9.62. The molecule has 0 radical (unpaired) electrons. The number of aromatic nitrogens is 1. The topological polar surface area (TPSA) is 55.1 Å².